The number of hydrogen-bond acceptors (Lipinski definition) is 5. The maximum Gasteiger partial charge on any atom is 0.338 e. The lowest BCUT2D eigenvalue weighted by molar-refractivity contribution is 0.0197. The van der Waals surface area contributed by atoms with Gasteiger partial charge >= 0.3 is 5.97 Å². The average Bonchev–Trinajstić information content (AvgIpc) is 2.41. The molecule has 0 unspecified atom stereocenters. The number of carbonyl (C=O) groups is 1. The fourth-order valence-corrected chi connectivity index (χ4v) is 2.08. The summed E-state index contributed by atoms with van der Waals surface area (Å²) in [5.74, 6) is -0.354. The summed E-state index contributed by atoms with van der Waals surface area (Å²) in [6.07, 6.45) is 3.39. The zero-order chi connectivity index (χ0) is 13.0. The molecule has 0 amide bonds. The lowest BCUT2D eigenvalue weighted by atomic mass is 9.94. The van der Waals surface area contributed by atoms with Gasteiger partial charge in [0.2, 0.25) is 0 Å². The van der Waals surface area contributed by atoms with Crippen molar-refractivity contribution in [1.82, 2.24) is 0 Å². The fourth-order valence-electron chi connectivity index (χ4n) is 2.08. The van der Waals surface area contributed by atoms with E-state index in [1.807, 2.05) is 0 Å². The molecule has 0 saturated heterocycles. The van der Waals surface area contributed by atoms with Gasteiger partial charge in [0.1, 0.15) is 11.8 Å². The van der Waals surface area contributed by atoms with Crippen LogP contribution in [0.4, 0.5) is 5.69 Å². The topological polar surface area (TPSA) is 81.8 Å². The number of ether oxygens (including phenoxy) is 1. The van der Waals surface area contributed by atoms with Gasteiger partial charge in [0, 0.05) is 6.04 Å². The van der Waals surface area contributed by atoms with Gasteiger partial charge in [0.25, 0.3) is 0 Å². The fraction of sp³-hybridized carbons (Fsp3) is 0.462. The van der Waals surface area contributed by atoms with Gasteiger partial charge in [0.15, 0.2) is 0 Å². The smallest absolute Gasteiger partial charge is 0.338 e. The van der Waals surface area contributed by atoms with E-state index in [2.05, 4.69) is 5.18 Å². The molecule has 1 aromatic carbocycles. The summed E-state index contributed by atoms with van der Waals surface area (Å²) in [5.41, 5.74) is 6.53. The quantitative estimate of drug-likeness (QED) is 0.658. The molecule has 1 aliphatic carbocycles. The minimum Gasteiger partial charge on any atom is -0.459 e. The monoisotopic (exact) mass is 248 g/mol. The van der Waals surface area contributed by atoms with Crippen molar-refractivity contribution in [1.29, 1.82) is 0 Å². The van der Waals surface area contributed by atoms with Gasteiger partial charge in [-0.25, -0.2) is 4.79 Å². The zero-order valence-electron chi connectivity index (χ0n) is 10.0. The highest BCUT2D eigenvalue weighted by Gasteiger charge is 2.22. The van der Waals surface area contributed by atoms with Crippen LogP contribution in [0.3, 0.4) is 0 Å². The van der Waals surface area contributed by atoms with Crippen molar-refractivity contribution in [3.05, 3.63) is 34.7 Å². The van der Waals surface area contributed by atoms with Gasteiger partial charge in [0.05, 0.1) is 5.56 Å². The van der Waals surface area contributed by atoms with Crippen LogP contribution in [0.2, 0.25) is 0 Å². The summed E-state index contributed by atoms with van der Waals surface area (Å²) in [7, 11) is 0. The summed E-state index contributed by atoms with van der Waals surface area (Å²) in [6.45, 7) is 0. The van der Waals surface area contributed by atoms with Crippen molar-refractivity contribution in [3.8, 4) is 0 Å². The van der Waals surface area contributed by atoms with Crippen LogP contribution in [0, 0.1) is 4.91 Å². The molecule has 18 heavy (non-hydrogen) atoms. The van der Waals surface area contributed by atoms with E-state index in [0.29, 0.717) is 11.3 Å². The molecule has 0 atom stereocenters. The van der Waals surface area contributed by atoms with Crippen molar-refractivity contribution in [2.24, 2.45) is 10.9 Å². The first kappa shape index (κ1) is 12.7. The Morgan fingerprint density at radius 1 is 1.17 bits per heavy atom. The maximum atomic E-state index is 11.8. The van der Waals surface area contributed by atoms with Crippen LogP contribution < -0.4 is 5.73 Å². The molecule has 1 aliphatic rings. The second-order valence-corrected chi connectivity index (χ2v) is 4.58. The first-order chi connectivity index (χ1) is 8.69. The first-order valence-corrected chi connectivity index (χ1v) is 6.09. The number of benzene rings is 1. The molecule has 0 aromatic heterocycles. The third-order valence-corrected chi connectivity index (χ3v) is 3.20. The minimum absolute atomic E-state index is 0.0406. The Balaban J connectivity index is 1.92. The van der Waals surface area contributed by atoms with Crippen molar-refractivity contribution >= 4 is 11.7 Å². The Morgan fingerprint density at radius 3 is 2.33 bits per heavy atom. The lowest BCUT2D eigenvalue weighted by Crippen LogP contribution is -2.31. The third-order valence-electron chi connectivity index (χ3n) is 3.20. The SMILES string of the molecule is NC1CCC(OC(=O)c2ccc(N=O)cc2)CC1. The van der Waals surface area contributed by atoms with Crippen LogP contribution in [0.15, 0.2) is 29.4 Å². The highest BCUT2D eigenvalue weighted by atomic mass is 16.5. The number of rotatable bonds is 3. The lowest BCUT2D eigenvalue weighted by Gasteiger charge is -2.25. The van der Waals surface area contributed by atoms with Crippen LogP contribution in [-0.2, 0) is 4.74 Å². The van der Waals surface area contributed by atoms with Crippen LogP contribution in [0.1, 0.15) is 36.0 Å². The zero-order valence-corrected chi connectivity index (χ0v) is 10.0. The van der Waals surface area contributed by atoms with Gasteiger partial charge in [-0.05, 0) is 55.1 Å². The van der Waals surface area contributed by atoms with E-state index in [0.717, 1.165) is 25.7 Å². The molecule has 1 saturated carbocycles. The molecule has 5 nitrogen and oxygen atoms in total. The third kappa shape index (κ3) is 3.13. The Labute approximate surface area is 105 Å². The van der Waals surface area contributed by atoms with E-state index in [4.69, 9.17) is 10.5 Å². The number of nitrogens with two attached hydrogens (primary N) is 1. The average molecular weight is 248 g/mol. The number of nitroso groups, excluding NO2 is 1. The molecule has 0 heterocycles. The summed E-state index contributed by atoms with van der Waals surface area (Å²) in [6, 6.07) is 6.33. The molecule has 1 fully saturated rings. The van der Waals surface area contributed by atoms with E-state index < -0.39 is 0 Å². The molecule has 96 valence electrons. The predicted octanol–water partition coefficient (Wildman–Crippen LogP) is 2.51. The highest BCUT2D eigenvalue weighted by Crippen LogP contribution is 2.21. The highest BCUT2D eigenvalue weighted by molar-refractivity contribution is 5.89. The van der Waals surface area contributed by atoms with Crippen LogP contribution in [0.25, 0.3) is 0 Å². The maximum absolute atomic E-state index is 11.8. The Morgan fingerprint density at radius 2 is 1.78 bits per heavy atom. The van der Waals surface area contributed by atoms with Crippen LogP contribution in [-0.4, -0.2) is 18.1 Å². The Hall–Kier alpha value is -1.75. The van der Waals surface area contributed by atoms with Crippen molar-refractivity contribution in [2.75, 3.05) is 0 Å². The summed E-state index contributed by atoms with van der Waals surface area (Å²) in [4.78, 5) is 22.1. The van der Waals surface area contributed by atoms with Crippen LogP contribution >= 0.6 is 0 Å². The Kier molecular flexibility index (Phi) is 4.04. The molecule has 2 rings (SSSR count). The van der Waals surface area contributed by atoms with Crippen molar-refractivity contribution in [2.45, 2.75) is 37.8 Å². The molecular formula is C13H16N2O3. The van der Waals surface area contributed by atoms with Gasteiger partial charge in [-0.2, -0.15) is 0 Å². The number of hydrogen-bond donors (Lipinski definition) is 1. The van der Waals surface area contributed by atoms with Gasteiger partial charge < -0.3 is 10.5 Å². The standard InChI is InChI=1S/C13H16N2O3/c14-10-3-7-12(8-4-10)18-13(16)9-1-5-11(15-17)6-2-9/h1-2,5-6,10,12H,3-4,7-8,14H2. The van der Waals surface area contributed by atoms with Crippen molar-refractivity contribution in [3.63, 3.8) is 0 Å². The summed E-state index contributed by atoms with van der Waals surface area (Å²) >= 11 is 0. The van der Waals surface area contributed by atoms with Gasteiger partial charge in [-0.3, -0.25) is 0 Å². The normalized spacial score (nSPS) is 23.4. The molecule has 0 bridgehead atoms. The Bertz CT molecular complexity index is 422. The van der Waals surface area contributed by atoms with Crippen molar-refractivity contribution < 1.29 is 9.53 Å². The van der Waals surface area contributed by atoms with E-state index >= 15 is 0 Å². The number of esters is 1. The molecule has 1 aromatic rings. The summed E-state index contributed by atoms with van der Waals surface area (Å²) < 4.78 is 5.40. The van der Waals surface area contributed by atoms with E-state index in [9.17, 15) is 9.70 Å². The van der Waals surface area contributed by atoms with E-state index in [1.165, 1.54) is 12.1 Å². The second kappa shape index (κ2) is 5.73. The van der Waals surface area contributed by atoms with E-state index in [1.54, 1.807) is 12.1 Å². The first-order valence-electron chi connectivity index (χ1n) is 6.09. The summed E-state index contributed by atoms with van der Waals surface area (Å²) in [5, 5.41) is 2.78. The minimum atomic E-state index is -0.354. The number of nitrogens with zero attached hydrogens (tertiary/aromatic N) is 1. The molecular weight excluding hydrogens is 232 g/mol. The van der Waals surface area contributed by atoms with Gasteiger partial charge in [-0.1, -0.05) is 0 Å². The molecule has 0 radical (unpaired) electrons. The van der Waals surface area contributed by atoms with Crippen LogP contribution in [0.5, 0.6) is 0 Å². The van der Waals surface area contributed by atoms with Gasteiger partial charge in [-0.15, -0.1) is 4.91 Å². The number of carbonyl (C=O) groups excluding carboxylic acids is 1. The largest absolute Gasteiger partial charge is 0.459 e. The predicted molar refractivity (Wildman–Crippen MR) is 67.5 cm³/mol. The van der Waals surface area contributed by atoms with E-state index in [-0.39, 0.29) is 18.1 Å². The second-order valence-electron chi connectivity index (χ2n) is 4.58. The molecule has 0 spiro atoms. The molecule has 0 aliphatic heterocycles. The molecule has 5 heteroatoms. The molecule has 2 N–H and O–H groups in total.